The van der Waals surface area contributed by atoms with Crippen molar-refractivity contribution in [1.29, 1.82) is 0 Å². The largest absolute Gasteiger partial charge is 0.508 e. The van der Waals surface area contributed by atoms with Crippen molar-refractivity contribution in [2.24, 2.45) is 12.0 Å². The molecule has 2 N–H and O–H groups in total. The lowest BCUT2D eigenvalue weighted by atomic mass is 10.1. The second-order valence-electron chi connectivity index (χ2n) is 5.86. The van der Waals surface area contributed by atoms with E-state index in [0.29, 0.717) is 22.5 Å². The summed E-state index contributed by atoms with van der Waals surface area (Å²) in [6.45, 7) is 3.57. The SMILES string of the molecule is Cc1cc(O)cc(O)c1C=Nc1c(C)n(C)n(-c2ccccc2)c1=O. The number of hydrogen-bond donors (Lipinski definition) is 2. The minimum absolute atomic E-state index is 0.0190. The van der Waals surface area contributed by atoms with Crippen LogP contribution in [0, 0.1) is 13.8 Å². The number of aryl methyl sites for hydroxylation is 1. The molecule has 128 valence electrons. The van der Waals surface area contributed by atoms with Crippen molar-refractivity contribution in [1.82, 2.24) is 9.36 Å². The van der Waals surface area contributed by atoms with E-state index in [0.717, 1.165) is 5.69 Å². The summed E-state index contributed by atoms with van der Waals surface area (Å²) in [6, 6.07) is 12.1. The Hall–Kier alpha value is -3.28. The molecule has 0 unspecified atom stereocenters. The fourth-order valence-electron chi connectivity index (χ4n) is 2.76. The van der Waals surface area contributed by atoms with Crippen LogP contribution in [-0.2, 0) is 7.05 Å². The van der Waals surface area contributed by atoms with E-state index < -0.39 is 0 Å². The molecule has 1 aromatic heterocycles. The molecule has 3 aromatic rings. The average molecular weight is 337 g/mol. The molecule has 25 heavy (non-hydrogen) atoms. The summed E-state index contributed by atoms with van der Waals surface area (Å²) in [6.07, 6.45) is 1.45. The first-order valence-electron chi connectivity index (χ1n) is 7.81. The number of nitrogens with zero attached hydrogens (tertiary/aromatic N) is 3. The Kier molecular flexibility index (Phi) is 4.19. The number of benzene rings is 2. The van der Waals surface area contributed by atoms with E-state index in [1.165, 1.54) is 18.3 Å². The van der Waals surface area contributed by atoms with Gasteiger partial charge < -0.3 is 10.2 Å². The van der Waals surface area contributed by atoms with Gasteiger partial charge in [0.2, 0.25) is 0 Å². The molecule has 1 heterocycles. The minimum Gasteiger partial charge on any atom is -0.508 e. The molecule has 2 aromatic carbocycles. The van der Waals surface area contributed by atoms with E-state index in [9.17, 15) is 15.0 Å². The van der Waals surface area contributed by atoms with Crippen molar-refractivity contribution >= 4 is 11.9 Å². The van der Waals surface area contributed by atoms with Gasteiger partial charge in [-0.05, 0) is 37.6 Å². The summed E-state index contributed by atoms with van der Waals surface area (Å²) in [5, 5.41) is 19.5. The Balaban J connectivity index is 2.10. The number of phenols is 2. The van der Waals surface area contributed by atoms with Crippen molar-refractivity contribution in [3.63, 3.8) is 0 Å². The molecule has 0 saturated heterocycles. The standard InChI is InChI=1S/C19H19N3O3/c1-12-9-15(23)10-17(24)16(12)11-20-18-13(2)21(3)22(19(18)25)14-7-5-4-6-8-14/h4-11,23-24H,1-3H3. The predicted molar refractivity (Wildman–Crippen MR) is 97.5 cm³/mol. The van der Waals surface area contributed by atoms with E-state index in [1.54, 1.807) is 23.3 Å². The topological polar surface area (TPSA) is 79.8 Å². The lowest BCUT2D eigenvalue weighted by molar-refractivity contribution is 0.449. The first kappa shape index (κ1) is 16.6. The Labute approximate surface area is 144 Å². The third-order valence-electron chi connectivity index (χ3n) is 4.20. The highest BCUT2D eigenvalue weighted by molar-refractivity contribution is 5.87. The number of aromatic hydroxyl groups is 2. The zero-order valence-corrected chi connectivity index (χ0v) is 14.3. The molecule has 0 bridgehead atoms. The summed E-state index contributed by atoms with van der Waals surface area (Å²) >= 11 is 0. The summed E-state index contributed by atoms with van der Waals surface area (Å²) in [5.41, 5.74) is 2.66. The quantitative estimate of drug-likeness (QED) is 0.721. The Bertz CT molecular complexity index is 991. The molecule has 0 aliphatic rings. The van der Waals surface area contributed by atoms with Gasteiger partial charge in [-0.2, -0.15) is 0 Å². The van der Waals surface area contributed by atoms with Crippen LogP contribution in [0.25, 0.3) is 5.69 Å². The van der Waals surface area contributed by atoms with Crippen molar-refractivity contribution in [2.75, 3.05) is 0 Å². The summed E-state index contributed by atoms with van der Waals surface area (Å²) in [7, 11) is 1.80. The molecule has 0 amide bonds. The number of aromatic nitrogens is 2. The molecular formula is C19H19N3O3. The predicted octanol–water partition coefficient (Wildman–Crippen LogP) is 2.95. The lowest BCUT2D eigenvalue weighted by Gasteiger charge is -2.07. The molecule has 0 radical (unpaired) electrons. The van der Waals surface area contributed by atoms with E-state index in [2.05, 4.69) is 4.99 Å². The van der Waals surface area contributed by atoms with Gasteiger partial charge in [0.05, 0.1) is 11.4 Å². The maximum atomic E-state index is 12.8. The molecule has 0 spiro atoms. The average Bonchev–Trinajstić information content (AvgIpc) is 2.78. The van der Waals surface area contributed by atoms with Gasteiger partial charge in [0.1, 0.15) is 11.5 Å². The van der Waals surface area contributed by atoms with Crippen molar-refractivity contribution in [2.45, 2.75) is 13.8 Å². The molecule has 0 fully saturated rings. The van der Waals surface area contributed by atoms with Gasteiger partial charge in [0, 0.05) is 24.9 Å². The van der Waals surface area contributed by atoms with E-state index >= 15 is 0 Å². The summed E-state index contributed by atoms with van der Waals surface area (Å²) in [5.74, 6) is -0.104. The Morgan fingerprint density at radius 1 is 1.08 bits per heavy atom. The fraction of sp³-hybridized carbons (Fsp3) is 0.158. The maximum absolute atomic E-state index is 12.8. The third-order valence-corrected chi connectivity index (χ3v) is 4.20. The van der Waals surface area contributed by atoms with Gasteiger partial charge in [-0.3, -0.25) is 9.48 Å². The molecule has 6 heteroatoms. The molecular weight excluding hydrogens is 318 g/mol. The van der Waals surface area contributed by atoms with Gasteiger partial charge in [-0.15, -0.1) is 0 Å². The van der Waals surface area contributed by atoms with Crippen molar-refractivity contribution < 1.29 is 10.2 Å². The Morgan fingerprint density at radius 3 is 2.40 bits per heavy atom. The summed E-state index contributed by atoms with van der Waals surface area (Å²) < 4.78 is 3.29. The zero-order chi connectivity index (χ0) is 18.1. The minimum atomic E-state index is -0.238. The van der Waals surface area contributed by atoms with Crippen molar-refractivity contribution in [3.8, 4) is 17.2 Å². The zero-order valence-electron chi connectivity index (χ0n) is 14.3. The molecule has 0 aliphatic heterocycles. The molecule has 0 aliphatic carbocycles. The Morgan fingerprint density at radius 2 is 1.76 bits per heavy atom. The van der Waals surface area contributed by atoms with Crippen LogP contribution < -0.4 is 5.56 Å². The van der Waals surface area contributed by atoms with Gasteiger partial charge >= 0.3 is 0 Å². The number of aliphatic imine (C=N–C) groups is 1. The van der Waals surface area contributed by atoms with Crippen LogP contribution in [0.4, 0.5) is 5.69 Å². The van der Waals surface area contributed by atoms with Gasteiger partial charge in [0.25, 0.3) is 5.56 Å². The fourth-order valence-corrected chi connectivity index (χ4v) is 2.76. The van der Waals surface area contributed by atoms with E-state index in [4.69, 9.17) is 0 Å². The molecule has 0 saturated carbocycles. The highest BCUT2D eigenvalue weighted by Gasteiger charge is 2.15. The van der Waals surface area contributed by atoms with Crippen LogP contribution in [0.15, 0.2) is 52.3 Å². The highest BCUT2D eigenvalue weighted by atomic mass is 16.3. The number of hydrogen-bond acceptors (Lipinski definition) is 4. The van der Waals surface area contributed by atoms with E-state index in [1.807, 2.05) is 37.3 Å². The number of para-hydroxylation sites is 1. The van der Waals surface area contributed by atoms with Crippen molar-refractivity contribution in [3.05, 3.63) is 69.6 Å². The van der Waals surface area contributed by atoms with Gasteiger partial charge in [-0.1, -0.05) is 18.2 Å². The normalized spacial score (nSPS) is 11.3. The monoisotopic (exact) mass is 337 g/mol. The van der Waals surface area contributed by atoms with Gasteiger partial charge in [-0.25, -0.2) is 9.67 Å². The van der Waals surface area contributed by atoms with Crippen LogP contribution in [0.1, 0.15) is 16.8 Å². The van der Waals surface area contributed by atoms with Crippen LogP contribution in [0.3, 0.4) is 0 Å². The maximum Gasteiger partial charge on any atom is 0.297 e. The second-order valence-corrected chi connectivity index (χ2v) is 5.86. The van der Waals surface area contributed by atoms with Gasteiger partial charge in [0.15, 0.2) is 5.69 Å². The second kappa shape index (κ2) is 6.32. The highest BCUT2D eigenvalue weighted by Crippen LogP contribution is 2.26. The van der Waals surface area contributed by atoms with Crippen LogP contribution >= 0.6 is 0 Å². The third kappa shape index (κ3) is 2.94. The number of phenolic OH excluding ortho intramolecular Hbond substituents is 2. The summed E-state index contributed by atoms with van der Waals surface area (Å²) in [4.78, 5) is 17.1. The molecule has 3 rings (SSSR count). The van der Waals surface area contributed by atoms with Crippen LogP contribution in [0.2, 0.25) is 0 Å². The lowest BCUT2D eigenvalue weighted by Crippen LogP contribution is -2.19. The van der Waals surface area contributed by atoms with Crippen LogP contribution in [0.5, 0.6) is 11.5 Å². The first-order valence-corrected chi connectivity index (χ1v) is 7.81. The molecule has 6 nitrogen and oxygen atoms in total. The number of rotatable bonds is 3. The molecule has 0 atom stereocenters. The smallest absolute Gasteiger partial charge is 0.297 e. The van der Waals surface area contributed by atoms with Crippen LogP contribution in [-0.4, -0.2) is 25.8 Å². The van der Waals surface area contributed by atoms with E-state index in [-0.39, 0.29) is 17.1 Å². The first-order chi connectivity index (χ1) is 11.9.